The number of benzene rings is 1. The molecule has 1 aromatic rings. The first kappa shape index (κ1) is 16.0. The van der Waals surface area contributed by atoms with Crippen molar-refractivity contribution in [3.8, 4) is 0 Å². The van der Waals surface area contributed by atoms with Gasteiger partial charge in [-0.2, -0.15) is 0 Å². The third-order valence-electron chi connectivity index (χ3n) is 4.39. The average Bonchev–Trinajstić information content (AvgIpc) is 2.48. The van der Waals surface area contributed by atoms with Crippen LogP contribution >= 0.6 is 0 Å². The monoisotopic (exact) mass is 288 g/mol. The zero-order chi connectivity index (χ0) is 15.2. The largest absolute Gasteiger partial charge is 0.352 e. The lowest BCUT2D eigenvalue weighted by atomic mass is 9.95. The van der Waals surface area contributed by atoms with Crippen molar-refractivity contribution in [2.24, 2.45) is 0 Å². The van der Waals surface area contributed by atoms with Gasteiger partial charge in [0.25, 0.3) is 0 Å². The van der Waals surface area contributed by atoms with E-state index in [2.05, 4.69) is 48.7 Å². The standard InChI is InChI=1S/C18H28N2O/c1-13-8-7-9-16(12-13)14(2)19-15(3)18(21)20-17-10-5-4-6-11-17/h7-9,12,14-15,17,19H,4-6,10-11H2,1-3H3,(H,20,21)/t14-,15?/m0/s1. The lowest BCUT2D eigenvalue weighted by molar-refractivity contribution is -0.123. The van der Waals surface area contributed by atoms with Crippen molar-refractivity contribution in [1.29, 1.82) is 0 Å². The van der Waals surface area contributed by atoms with Crippen LogP contribution < -0.4 is 10.6 Å². The molecule has 2 atom stereocenters. The molecule has 1 aliphatic rings. The Hall–Kier alpha value is -1.35. The Morgan fingerprint density at radius 1 is 1.19 bits per heavy atom. The van der Waals surface area contributed by atoms with E-state index in [-0.39, 0.29) is 18.0 Å². The zero-order valence-electron chi connectivity index (χ0n) is 13.5. The summed E-state index contributed by atoms with van der Waals surface area (Å²) in [7, 11) is 0. The van der Waals surface area contributed by atoms with Crippen LogP contribution in [0.5, 0.6) is 0 Å². The lowest BCUT2D eigenvalue weighted by Gasteiger charge is -2.26. The normalized spacial score (nSPS) is 19.0. The van der Waals surface area contributed by atoms with Crippen LogP contribution in [0.4, 0.5) is 0 Å². The maximum absolute atomic E-state index is 12.3. The molecule has 2 rings (SSSR count). The van der Waals surface area contributed by atoms with Crippen LogP contribution in [0.15, 0.2) is 24.3 Å². The maximum atomic E-state index is 12.3. The van der Waals surface area contributed by atoms with Crippen LogP contribution in [0.2, 0.25) is 0 Å². The molecule has 116 valence electrons. The highest BCUT2D eigenvalue weighted by atomic mass is 16.2. The highest BCUT2D eigenvalue weighted by Crippen LogP contribution is 2.18. The molecule has 0 aromatic heterocycles. The summed E-state index contributed by atoms with van der Waals surface area (Å²) >= 11 is 0. The lowest BCUT2D eigenvalue weighted by Crippen LogP contribution is -2.47. The summed E-state index contributed by atoms with van der Waals surface area (Å²) in [5.74, 6) is 0.126. The number of hydrogen-bond acceptors (Lipinski definition) is 2. The molecule has 0 spiro atoms. The van der Waals surface area contributed by atoms with Gasteiger partial charge in [-0.3, -0.25) is 10.1 Å². The zero-order valence-corrected chi connectivity index (χ0v) is 13.5. The summed E-state index contributed by atoms with van der Waals surface area (Å²) < 4.78 is 0. The first-order valence-electron chi connectivity index (χ1n) is 8.19. The molecule has 3 nitrogen and oxygen atoms in total. The second kappa shape index (κ2) is 7.60. The summed E-state index contributed by atoms with van der Waals surface area (Å²) in [6, 6.07) is 8.83. The Morgan fingerprint density at radius 2 is 1.90 bits per heavy atom. The Morgan fingerprint density at radius 3 is 2.57 bits per heavy atom. The number of aryl methyl sites for hydroxylation is 1. The minimum absolute atomic E-state index is 0.126. The van der Waals surface area contributed by atoms with Gasteiger partial charge in [-0.25, -0.2) is 0 Å². The fraction of sp³-hybridized carbons (Fsp3) is 0.611. The molecule has 1 fully saturated rings. The number of rotatable bonds is 5. The third kappa shape index (κ3) is 4.85. The predicted molar refractivity (Wildman–Crippen MR) is 87.2 cm³/mol. The van der Waals surface area contributed by atoms with Crippen molar-refractivity contribution in [1.82, 2.24) is 10.6 Å². The minimum Gasteiger partial charge on any atom is -0.352 e. The van der Waals surface area contributed by atoms with Crippen molar-refractivity contribution in [3.63, 3.8) is 0 Å². The number of hydrogen-bond donors (Lipinski definition) is 2. The molecule has 21 heavy (non-hydrogen) atoms. The van der Waals surface area contributed by atoms with E-state index in [0.29, 0.717) is 6.04 Å². The Labute approximate surface area is 128 Å². The Balaban J connectivity index is 1.84. The van der Waals surface area contributed by atoms with Gasteiger partial charge in [0, 0.05) is 12.1 Å². The molecule has 1 aromatic carbocycles. The van der Waals surface area contributed by atoms with Gasteiger partial charge in [0.05, 0.1) is 6.04 Å². The molecule has 0 heterocycles. The fourth-order valence-corrected chi connectivity index (χ4v) is 3.06. The first-order chi connectivity index (χ1) is 10.1. The van der Waals surface area contributed by atoms with Gasteiger partial charge in [0.2, 0.25) is 5.91 Å². The topological polar surface area (TPSA) is 41.1 Å². The van der Waals surface area contributed by atoms with E-state index in [1.807, 2.05) is 6.92 Å². The SMILES string of the molecule is Cc1cccc([C@H](C)NC(C)C(=O)NC2CCCCC2)c1. The molecule has 2 N–H and O–H groups in total. The van der Waals surface area contributed by atoms with Crippen LogP contribution in [-0.2, 0) is 4.79 Å². The minimum atomic E-state index is -0.164. The van der Waals surface area contributed by atoms with Crippen molar-refractivity contribution < 1.29 is 4.79 Å². The van der Waals surface area contributed by atoms with Crippen LogP contribution in [0, 0.1) is 6.92 Å². The van der Waals surface area contributed by atoms with E-state index in [4.69, 9.17) is 0 Å². The molecular weight excluding hydrogens is 260 g/mol. The molecule has 0 aliphatic heterocycles. The van der Waals surface area contributed by atoms with E-state index in [0.717, 1.165) is 12.8 Å². The van der Waals surface area contributed by atoms with Gasteiger partial charge in [0.1, 0.15) is 0 Å². The number of amides is 1. The Bertz CT molecular complexity index is 466. The summed E-state index contributed by atoms with van der Waals surface area (Å²) in [5.41, 5.74) is 2.48. The van der Waals surface area contributed by atoms with Crippen LogP contribution in [-0.4, -0.2) is 18.0 Å². The predicted octanol–water partition coefficient (Wildman–Crippen LogP) is 3.48. The van der Waals surface area contributed by atoms with Gasteiger partial charge < -0.3 is 5.32 Å². The number of carbonyl (C=O) groups excluding carboxylic acids is 1. The van der Waals surface area contributed by atoms with E-state index >= 15 is 0 Å². The molecule has 0 bridgehead atoms. The first-order valence-corrected chi connectivity index (χ1v) is 8.19. The van der Waals surface area contributed by atoms with Gasteiger partial charge in [-0.05, 0) is 39.2 Å². The molecule has 0 radical (unpaired) electrons. The molecule has 1 saturated carbocycles. The molecule has 1 aliphatic carbocycles. The summed E-state index contributed by atoms with van der Waals surface area (Å²) in [6.45, 7) is 6.15. The van der Waals surface area contributed by atoms with Crippen molar-refractivity contribution in [3.05, 3.63) is 35.4 Å². The van der Waals surface area contributed by atoms with E-state index in [1.165, 1.54) is 30.4 Å². The Kier molecular flexibility index (Phi) is 5.80. The highest BCUT2D eigenvalue weighted by molar-refractivity contribution is 5.81. The van der Waals surface area contributed by atoms with Gasteiger partial charge in [0.15, 0.2) is 0 Å². The smallest absolute Gasteiger partial charge is 0.237 e. The van der Waals surface area contributed by atoms with Crippen LogP contribution in [0.3, 0.4) is 0 Å². The average molecular weight is 288 g/mol. The van der Waals surface area contributed by atoms with E-state index in [1.54, 1.807) is 0 Å². The highest BCUT2D eigenvalue weighted by Gasteiger charge is 2.20. The number of nitrogens with one attached hydrogen (secondary N) is 2. The van der Waals surface area contributed by atoms with E-state index in [9.17, 15) is 4.79 Å². The summed E-state index contributed by atoms with van der Waals surface area (Å²) in [6.07, 6.45) is 6.06. The quantitative estimate of drug-likeness (QED) is 0.871. The van der Waals surface area contributed by atoms with Crippen molar-refractivity contribution in [2.45, 2.75) is 71.0 Å². The maximum Gasteiger partial charge on any atom is 0.237 e. The second-order valence-corrected chi connectivity index (χ2v) is 6.37. The molecular formula is C18H28N2O. The van der Waals surface area contributed by atoms with Gasteiger partial charge >= 0.3 is 0 Å². The van der Waals surface area contributed by atoms with Crippen LogP contribution in [0.25, 0.3) is 0 Å². The fourth-order valence-electron chi connectivity index (χ4n) is 3.06. The van der Waals surface area contributed by atoms with Gasteiger partial charge in [-0.1, -0.05) is 49.1 Å². The molecule has 1 unspecified atom stereocenters. The van der Waals surface area contributed by atoms with Crippen molar-refractivity contribution >= 4 is 5.91 Å². The number of carbonyl (C=O) groups is 1. The molecule has 1 amide bonds. The summed E-state index contributed by atoms with van der Waals surface area (Å²) in [4.78, 5) is 12.3. The summed E-state index contributed by atoms with van der Waals surface area (Å²) in [5, 5.41) is 6.59. The molecule has 0 saturated heterocycles. The molecule has 3 heteroatoms. The van der Waals surface area contributed by atoms with E-state index < -0.39 is 0 Å². The van der Waals surface area contributed by atoms with Crippen molar-refractivity contribution in [2.75, 3.05) is 0 Å². The second-order valence-electron chi connectivity index (χ2n) is 6.37. The third-order valence-corrected chi connectivity index (χ3v) is 4.39. The van der Waals surface area contributed by atoms with Crippen LogP contribution in [0.1, 0.15) is 63.1 Å². The van der Waals surface area contributed by atoms with Gasteiger partial charge in [-0.15, -0.1) is 0 Å².